The molecule has 1 N–H and O–H groups in total. The third kappa shape index (κ3) is 3.53. The van der Waals surface area contributed by atoms with Gasteiger partial charge >= 0.3 is 0 Å². The van der Waals surface area contributed by atoms with Gasteiger partial charge in [0.05, 0.1) is 25.1 Å². The van der Waals surface area contributed by atoms with Crippen molar-refractivity contribution in [2.75, 3.05) is 23.9 Å². The highest BCUT2D eigenvalue weighted by atomic mass is 19.1. The van der Waals surface area contributed by atoms with Crippen LogP contribution in [0.25, 0.3) is 0 Å². The molecule has 0 bridgehead atoms. The molecule has 1 aliphatic heterocycles. The second kappa shape index (κ2) is 6.70. The maximum Gasteiger partial charge on any atom is 0.230 e. The highest BCUT2D eigenvalue weighted by Gasteiger charge is 2.20. The van der Waals surface area contributed by atoms with Gasteiger partial charge in [0.1, 0.15) is 11.6 Å². The van der Waals surface area contributed by atoms with Gasteiger partial charge in [0.25, 0.3) is 0 Å². The van der Waals surface area contributed by atoms with E-state index in [-0.39, 0.29) is 24.1 Å². The Labute approximate surface area is 139 Å². The van der Waals surface area contributed by atoms with E-state index in [1.54, 1.807) is 37.4 Å². The van der Waals surface area contributed by atoms with E-state index in [1.165, 1.54) is 17.0 Å². The van der Waals surface area contributed by atoms with E-state index < -0.39 is 0 Å². The van der Waals surface area contributed by atoms with E-state index >= 15 is 0 Å². The van der Waals surface area contributed by atoms with Crippen LogP contribution >= 0.6 is 0 Å². The summed E-state index contributed by atoms with van der Waals surface area (Å²) in [6, 6.07) is 11.0. The number of carbonyl (C=O) groups excluding carboxylic acids is 2. The number of rotatable bonds is 3. The molecule has 0 aliphatic carbocycles. The van der Waals surface area contributed by atoms with Crippen LogP contribution in [0.2, 0.25) is 0 Å². The first-order valence-electron chi connectivity index (χ1n) is 7.60. The van der Waals surface area contributed by atoms with Crippen molar-refractivity contribution in [3.8, 4) is 5.75 Å². The third-order valence-electron chi connectivity index (χ3n) is 3.83. The minimum absolute atomic E-state index is 0.0384. The van der Waals surface area contributed by atoms with E-state index in [2.05, 4.69) is 5.32 Å². The lowest BCUT2D eigenvalue weighted by Crippen LogP contribution is -2.25. The maximum absolute atomic E-state index is 12.9. The van der Waals surface area contributed by atoms with Crippen molar-refractivity contribution in [2.45, 2.75) is 12.8 Å². The van der Waals surface area contributed by atoms with Gasteiger partial charge in [-0.3, -0.25) is 9.59 Å². The van der Waals surface area contributed by atoms with Gasteiger partial charge in [-0.05, 0) is 35.9 Å². The van der Waals surface area contributed by atoms with Crippen LogP contribution in [0.15, 0.2) is 42.5 Å². The molecule has 2 aromatic rings. The number of halogens is 1. The lowest BCUT2D eigenvalue weighted by Gasteiger charge is -2.17. The maximum atomic E-state index is 12.9. The number of benzene rings is 2. The van der Waals surface area contributed by atoms with Gasteiger partial charge in [-0.2, -0.15) is 0 Å². The van der Waals surface area contributed by atoms with Gasteiger partial charge in [-0.1, -0.05) is 12.1 Å². The number of fused-ring (bicyclic) bond motifs is 1. The number of carbonyl (C=O) groups is 2. The number of anilines is 2. The highest BCUT2D eigenvalue weighted by Crippen LogP contribution is 2.33. The van der Waals surface area contributed by atoms with Crippen molar-refractivity contribution in [2.24, 2.45) is 0 Å². The molecule has 0 saturated heterocycles. The number of nitrogens with zero attached hydrogens (tertiary/aromatic N) is 1. The van der Waals surface area contributed by atoms with Crippen LogP contribution in [0, 0.1) is 5.82 Å². The van der Waals surface area contributed by atoms with Crippen LogP contribution in [0.5, 0.6) is 5.75 Å². The molecule has 0 atom stereocenters. The molecule has 5 nitrogen and oxygen atoms in total. The SMILES string of the molecule is CN1C(=O)CCOc2ccc(NC(=O)Cc3ccc(F)cc3)cc21. The van der Waals surface area contributed by atoms with Gasteiger partial charge in [0.2, 0.25) is 11.8 Å². The summed E-state index contributed by atoms with van der Waals surface area (Å²) in [5, 5.41) is 2.78. The molecule has 0 fully saturated rings. The predicted octanol–water partition coefficient (Wildman–Crippen LogP) is 2.75. The Morgan fingerprint density at radius 1 is 1.25 bits per heavy atom. The van der Waals surface area contributed by atoms with Crippen LogP contribution < -0.4 is 15.0 Å². The van der Waals surface area contributed by atoms with Gasteiger partial charge in [-0.25, -0.2) is 4.39 Å². The molecule has 1 heterocycles. The first-order chi connectivity index (χ1) is 11.5. The molecule has 1 aliphatic rings. The normalized spacial score (nSPS) is 13.8. The fraction of sp³-hybridized carbons (Fsp3) is 0.222. The molecule has 24 heavy (non-hydrogen) atoms. The Morgan fingerprint density at radius 2 is 2.00 bits per heavy atom. The van der Waals surface area contributed by atoms with E-state index in [1.807, 2.05) is 0 Å². The predicted molar refractivity (Wildman–Crippen MR) is 88.7 cm³/mol. The molecule has 0 aromatic heterocycles. The van der Waals surface area contributed by atoms with Crippen LogP contribution in [0.4, 0.5) is 15.8 Å². The topological polar surface area (TPSA) is 58.6 Å². The van der Waals surface area contributed by atoms with E-state index in [9.17, 15) is 14.0 Å². The summed E-state index contributed by atoms with van der Waals surface area (Å²) in [7, 11) is 1.68. The standard InChI is InChI=1S/C18H17FN2O3/c1-21-15-11-14(6-7-16(15)24-9-8-18(21)23)20-17(22)10-12-2-4-13(19)5-3-12/h2-7,11H,8-10H2,1H3,(H,20,22). The van der Waals surface area contributed by atoms with Crippen LogP contribution in [-0.2, 0) is 16.0 Å². The summed E-state index contributed by atoms with van der Waals surface area (Å²) >= 11 is 0. The van der Waals surface area contributed by atoms with E-state index in [0.717, 1.165) is 5.56 Å². The minimum Gasteiger partial charge on any atom is -0.491 e. The smallest absolute Gasteiger partial charge is 0.230 e. The molecule has 2 amide bonds. The molecule has 0 radical (unpaired) electrons. The van der Waals surface area contributed by atoms with Gasteiger partial charge in [0.15, 0.2) is 0 Å². The van der Waals surface area contributed by atoms with Crippen molar-refractivity contribution < 1.29 is 18.7 Å². The van der Waals surface area contributed by atoms with Crippen LogP contribution in [0.3, 0.4) is 0 Å². The van der Waals surface area contributed by atoms with E-state index in [0.29, 0.717) is 30.2 Å². The fourth-order valence-electron chi connectivity index (χ4n) is 2.52. The summed E-state index contributed by atoms with van der Waals surface area (Å²) in [4.78, 5) is 25.6. The summed E-state index contributed by atoms with van der Waals surface area (Å²) in [5.41, 5.74) is 1.92. The number of amides is 2. The monoisotopic (exact) mass is 328 g/mol. The zero-order valence-electron chi connectivity index (χ0n) is 13.2. The van der Waals surface area contributed by atoms with Gasteiger partial charge in [0, 0.05) is 12.7 Å². The molecule has 2 aromatic carbocycles. The van der Waals surface area contributed by atoms with Crippen molar-refractivity contribution in [3.63, 3.8) is 0 Å². The third-order valence-corrected chi connectivity index (χ3v) is 3.83. The summed E-state index contributed by atoms with van der Waals surface area (Å²) < 4.78 is 18.4. The Morgan fingerprint density at radius 3 is 2.75 bits per heavy atom. The van der Waals surface area contributed by atoms with Gasteiger partial charge < -0.3 is 15.0 Å². The Hall–Kier alpha value is -2.89. The number of ether oxygens (including phenoxy) is 1. The Balaban J connectivity index is 1.73. The van der Waals surface area contributed by atoms with Crippen molar-refractivity contribution in [3.05, 3.63) is 53.8 Å². The molecule has 3 rings (SSSR count). The van der Waals surface area contributed by atoms with Gasteiger partial charge in [-0.15, -0.1) is 0 Å². The lowest BCUT2D eigenvalue weighted by atomic mass is 10.1. The highest BCUT2D eigenvalue weighted by molar-refractivity contribution is 5.97. The Kier molecular flexibility index (Phi) is 4.46. The first kappa shape index (κ1) is 16.0. The Bertz CT molecular complexity index is 774. The second-order valence-corrected chi connectivity index (χ2v) is 5.59. The van der Waals surface area contributed by atoms with Crippen molar-refractivity contribution in [1.82, 2.24) is 0 Å². The average Bonchev–Trinajstić information content (AvgIpc) is 2.70. The molecule has 124 valence electrons. The average molecular weight is 328 g/mol. The summed E-state index contributed by atoms with van der Waals surface area (Å²) in [5.74, 6) is 0.0196. The zero-order valence-corrected chi connectivity index (χ0v) is 13.2. The molecular formula is C18H17FN2O3. The summed E-state index contributed by atoms with van der Waals surface area (Å²) in [6.45, 7) is 0.340. The molecule has 0 saturated carbocycles. The van der Waals surface area contributed by atoms with Crippen molar-refractivity contribution in [1.29, 1.82) is 0 Å². The first-order valence-corrected chi connectivity index (χ1v) is 7.60. The molecule has 6 heteroatoms. The molecule has 0 unspecified atom stereocenters. The second-order valence-electron chi connectivity index (χ2n) is 5.59. The zero-order chi connectivity index (χ0) is 17.1. The van der Waals surface area contributed by atoms with E-state index in [4.69, 9.17) is 4.74 Å². The molecule has 0 spiro atoms. The quantitative estimate of drug-likeness (QED) is 0.942. The largest absolute Gasteiger partial charge is 0.491 e. The summed E-state index contributed by atoms with van der Waals surface area (Å²) in [6.07, 6.45) is 0.458. The number of nitrogens with one attached hydrogen (secondary N) is 1. The van der Waals surface area contributed by atoms with Crippen molar-refractivity contribution >= 4 is 23.2 Å². The molecular weight excluding hydrogens is 311 g/mol. The number of hydrogen-bond acceptors (Lipinski definition) is 3. The fourth-order valence-corrected chi connectivity index (χ4v) is 2.52. The number of hydrogen-bond donors (Lipinski definition) is 1. The minimum atomic E-state index is -0.336. The van der Waals surface area contributed by atoms with Crippen LogP contribution in [0.1, 0.15) is 12.0 Å². The van der Waals surface area contributed by atoms with Crippen LogP contribution in [-0.4, -0.2) is 25.5 Å². The lowest BCUT2D eigenvalue weighted by molar-refractivity contribution is -0.118.